The first kappa shape index (κ1) is 16.3. The molecule has 3 rings (SSSR count). The molecule has 124 valence electrons. The van der Waals surface area contributed by atoms with Gasteiger partial charge >= 0.3 is 0 Å². The summed E-state index contributed by atoms with van der Waals surface area (Å²) in [5, 5.41) is 3.90. The molecule has 0 radical (unpaired) electrons. The maximum atomic E-state index is 12.9. The quantitative estimate of drug-likeness (QED) is 0.809. The van der Waals surface area contributed by atoms with E-state index in [0.717, 1.165) is 31.6 Å². The minimum Gasteiger partial charge on any atom is -0.381 e. The summed E-state index contributed by atoms with van der Waals surface area (Å²) in [6.07, 6.45) is 2.40. The highest BCUT2D eigenvalue weighted by molar-refractivity contribution is 7.84. The smallest absolute Gasteiger partial charge is 0.239 e. The largest absolute Gasteiger partial charge is 0.381 e. The molecule has 2 heterocycles. The van der Waals surface area contributed by atoms with E-state index in [0.29, 0.717) is 29.8 Å². The summed E-state index contributed by atoms with van der Waals surface area (Å²) in [5.41, 5.74) is 0.905. The number of hydrogen-bond acceptors (Lipinski definition) is 5. The minimum absolute atomic E-state index is 0.272. The van der Waals surface area contributed by atoms with Crippen LogP contribution >= 0.6 is 0 Å². The van der Waals surface area contributed by atoms with Gasteiger partial charge in [0.15, 0.2) is 5.82 Å². The SMILES string of the molecule is O=S(Cc1nc(Cc2ccc(F)cc2)no1)CC1CCOCC1. The minimum atomic E-state index is -1.01. The molecule has 0 spiro atoms. The summed E-state index contributed by atoms with van der Waals surface area (Å²) in [7, 11) is -1.01. The lowest BCUT2D eigenvalue weighted by atomic mass is 10.0. The number of ether oxygens (including phenoxy) is 1. The molecular formula is C16H19FN2O3S. The maximum absolute atomic E-state index is 12.9. The van der Waals surface area contributed by atoms with Crippen LogP contribution in [0.15, 0.2) is 28.8 Å². The van der Waals surface area contributed by atoms with Crippen molar-refractivity contribution in [2.24, 2.45) is 5.92 Å². The molecule has 0 bridgehead atoms. The standard InChI is InChI=1S/C16H19FN2O3S/c17-14-3-1-12(2-4-14)9-15-18-16(22-19-15)11-23(20)10-13-5-7-21-8-6-13/h1-4,13H,5-11H2. The van der Waals surface area contributed by atoms with Crippen LogP contribution in [0.25, 0.3) is 0 Å². The molecule has 1 fully saturated rings. The van der Waals surface area contributed by atoms with Crippen molar-refractivity contribution in [2.45, 2.75) is 25.0 Å². The van der Waals surface area contributed by atoms with Crippen LogP contribution in [-0.2, 0) is 27.7 Å². The Hall–Kier alpha value is -1.60. The van der Waals surface area contributed by atoms with Crippen LogP contribution in [0.5, 0.6) is 0 Å². The highest BCUT2D eigenvalue weighted by Crippen LogP contribution is 2.17. The summed E-state index contributed by atoms with van der Waals surface area (Å²) < 4.78 is 35.5. The molecule has 1 unspecified atom stereocenters. The average molecular weight is 338 g/mol. The van der Waals surface area contributed by atoms with Crippen molar-refractivity contribution in [3.8, 4) is 0 Å². The van der Waals surface area contributed by atoms with Crippen molar-refractivity contribution in [3.05, 3.63) is 47.4 Å². The summed E-state index contributed by atoms with van der Waals surface area (Å²) in [5.74, 6) is 2.03. The number of aromatic nitrogens is 2. The second-order valence-corrected chi connectivity index (χ2v) is 7.22. The molecule has 1 saturated heterocycles. The molecule has 1 aromatic heterocycles. The van der Waals surface area contributed by atoms with Crippen molar-refractivity contribution in [2.75, 3.05) is 19.0 Å². The van der Waals surface area contributed by atoms with Gasteiger partial charge in [0.05, 0.1) is 0 Å². The lowest BCUT2D eigenvalue weighted by Gasteiger charge is -2.20. The fraction of sp³-hybridized carbons (Fsp3) is 0.500. The van der Waals surface area contributed by atoms with Crippen LogP contribution < -0.4 is 0 Å². The normalized spacial score (nSPS) is 17.3. The zero-order chi connectivity index (χ0) is 16.1. The number of halogens is 1. The third-order valence-electron chi connectivity index (χ3n) is 3.83. The summed E-state index contributed by atoms with van der Waals surface area (Å²) >= 11 is 0. The second-order valence-electron chi connectivity index (χ2n) is 5.71. The molecular weight excluding hydrogens is 319 g/mol. The molecule has 1 aromatic carbocycles. The average Bonchev–Trinajstić information content (AvgIpc) is 2.97. The lowest BCUT2D eigenvalue weighted by Crippen LogP contribution is -2.21. The van der Waals surface area contributed by atoms with Gasteiger partial charge < -0.3 is 9.26 Å². The number of rotatable bonds is 6. The predicted molar refractivity (Wildman–Crippen MR) is 83.8 cm³/mol. The topological polar surface area (TPSA) is 65.2 Å². The van der Waals surface area contributed by atoms with Crippen LogP contribution in [0.1, 0.15) is 30.1 Å². The van der Waals surface area contributed by atoms with Crippen LogP contribution in [0, 0.1) is 11.7 Å². The van der Waals surface area contributed by atoms with Crippen LogP contribution in [0.4, 0.5) is 4.39 Å². The van der Waals surface area contributed by atoms with E-state index >= 15 is 0 Å². The van der Waals surface area contributed by atoms with E-state index in [1.807, 2.05) is 0 Å². The first-order valence-corrected chi connectivity index (χ1v) is 9.16. The predicted octanol–water partition coefficient (Wildman–Crippen LogP) is 2.47. The highest BCUT2D eigenvalue weighted by atomic mass is 32.2. The molecule has 7 heteroatoms. The second kappa shape index (κ2) is 7.79. The van der Waals surface area contributed by atoms with E-state index in [2.05, 4.69) is 10.1 Å². The maximum Gasteiger partial charge on any atom is 0.239 e. The number of hydrogen-bond donors (Lipinski definition) is 0. The Labute approximate surface area is 136 Å². The molecule has 0 N–H and O–H groups in total. The summed E-state index contributed by atoms with van der Waals surface area (Å²) in [6, 6.07) is 6.18. The van der Waals surface area contributed by atoms with Crippen LogP contribution in [-0.4, -0.2) is 33.3 Å². The van der Waals surface area contributed by atoms with Crippen LogP contribution in [0.3, 0.4) is 0 Å². The van der Waals surface area contributed by atoms with E-state index in [1.54, 1.807) is 12.1 Å². The van der Waals surface area contributed by atoms with E-state index < -0.39 is 10.8 Å². The van der Waals surface area contributed by atoms with Gasteiger partial charge in [-0.3, -0.25) is 4.21 Å². The van der Waals surface area contributed by atoms with Gasteiger partial charge in [-0.25, -0.2) is 4.39 Å². The molecule has 23 heavy (non-hydrogen) atoms. The van der Waals surface area contributed by atoms with Crippen molar-refractivity contribution < 1.29 is 17.9 Å². The van der Waals surface area contributed by atoms with E-state index in [4.69, 9.17) is 9.26 Å². The molecule has 0 amide bonds. The Morgan fingerprint density at radius 1 is 1.22 bits per heavy atom. The monoisotopic (exact) mass is 338 g/mol. The third-order valence-corrected chi connectivity index (χ3v) is 5.24. The van der Waals surface area contributed by atoms with Gasteiger partial charge in [0.25, 0.3) is 0 Å². The zero-order valence-electron chi connectivity index (χ0n) is 12.7. The van der Waals surface area contributed by atoms with Crippen molar-refractivity contribution in [1.82, 2.24) is 10.1 Å². The van der Waals surface area contributed by atoms with Crippen molar-refractivity contribution >= 4 is 10.8 Å². The fourth-order valence-corrected chi connectivity index (χ4v) is 3.95. The molecule has 1 atom stereocenters. The lowest BCUT2D eigenvalue weighted by molar-refractivity contribution is 0.0725. The van der Waals surface area contributed by atoms with Gasteiger partial charge in [-0.05, 0) is 36.5 Å². The first-order valence-electron chi connectivity index (χ1n) is 7.67. The van der Waals surface area contributed by atoms with Gasteiger partial charge in [-0.1, -0.05) is 17.3 Å². The fourth-order valence-electron chi connectivity index (χ4n) is 2.58. The van der Waals surface area contributed by atoms with E-state index in [-0.39, 0.29) is 11.6 Å². The van der Waals surface area contributed by atoms with E-state index in [1.165, 1.54) is 12.1 Å². The molecule has 0 saturated carbocycles. The Morgan fingerprint density at radius 2 is 1.96 bits per heavy atom. The molecule has 2 aromatic rings. The third kappa shape index (κ3) is 4.94. The summed E-state index contributed by atoms with van der Waals surface area (Å²) in [6.45, 7) is 1.51. The van der Waals surface area contributed by atoms with Gasteiger partial charge in [0.1, 0.15) is 11.6 Å². The Morgan fingerprint density at radius 3 is 2.70 bits per heavy atom. The summed E-state index contributed by atoms with van der Waals surface area (Å²) in [4.78, 5) is 4.27. The van der Waals surface area contributed by atoms with Gasteiger partial charge in [0, 0.05) is 36.2 Å². The van der Waals surface area contributed by atoms with Crippen LogP contribution in [0.2, 0.25) is 0 Å². The highest BCUT2D eigenvalue weighted by Gasteiger charge is 2.18. The van der Waals surface area contributed by atoms with Gasteiger partial charge in [-0.15, -0.1) is 0 Å². The first-order chi connectivity index (χ1) is 11.2. The van der Waals surface area contributed by atoms with E-state index in [9.17, 15) is 8.60 Å². The zero-order valence-corrected chi connectivity index (χ0v) is 13.6. The van der Waals surface area contributed by atoms with Crippen molar-refractivity contribution in [1.29, 1.82) is 0 Å². The van der Waals surface area contributed by atoms with Crippen molar-refractivity contribution in [3.63, 3.8) is 0 Å². The Bertz CT molecular complexity index is 654. The number of nitrogens with zero attached hydrogens (tertiary/aromatic N) is 2. The van der Waals surface area contributed by atoms with Gasteiger partial charge in [-0.2, -0.15) is 4.98 Å². The Kier molecular flexibility index (Phi) is 5.51. The molecule has 1 aliphatic heterocycles. The molecule has 5 nitrogen and oxygen atoms in total. The number of benzene rings is 1. The van der Waals surface area contributed by atoms with Gasteiger partial charge in [0.2, 0.25) is 5.89 Å². The molecule has 0 aliphatic carbocycles. The molecule has 1 aliphatic rings. The Balaban J connectivity index is 1.52.